The van der Waals surface area contributed by atoms with E-state index in [0.717, 1.165) is 18.5 Å². The van der Waals surface area contributed by atoms with Gasteiger partial charge in [-0.25, -0.2) is 4.79 Å². The Morgan fingerprint density at radius 2 is 1.69 bits per heavy atom. The van der Waals surface area contributed by atoms with Crippen molar-refractivity contribution in [2.75, 3.05) is 37.8 Å². The predicted molar refractivity (Wildman–Crippen MR) is 113 cm³/mol. The molecule has 1 fully saturated rings. The van der Waals surface area contributed by atoms with Crippen molar-refractivity contribution in [1.82, 2.24) is 9.80 Å². The van der Waals surface area contributed by atoms with Gasteiger partial charge in [-0.3, -0.25) is 9.59 Å². The number of amides is 4. The molecule has 1 saturated heterocycles. The number of carbonyl (C=O) groups is 3. The monoisotopic (exact) mass is 394 g/mol. The number of hydrogen-bond donors (Lipinski definition) is 2. The van der Waals surface area contributed by atoms with Gasteiger partial charge in [0, 0.05) is 44.1 Å². The molecule has 1 atom stereocenters. The summed E-state index contributed by atoms with van der Waals surface area (Å²) in [5.41, 5.74) is 1.82. The fraction of sp³-hybridized carbons (Fsp3) is 0.318. The van der Waals surface area contributed by atoms with Gasteiger partial charge < -0.3 is 20.4 Å². The van der Waals surface area contributed by atoms with Gasteiger partial charge in [-0.1, -0.05) is 24.3 Å². The summed E-state index contributed by atoms with van der Waals surface area (Å²) in [5, 5.41) is 5.75. The molecule has 7 heteroatoms. The molecular weight excluding hydrogens is 368 g/mol. The zero-order valence-electron chi connectivity index (χ0n) is 16.7. The van der Waals surface area contributed by atoms with E-state index in [1.807, 2.05) is 30.3 Å². The minimum absolute atomic E-state index is 0.123. The van der Waals surface area contributed by atoms with Crippen molar-refractivity contribution in [2.45, 2.75) is 12.8 Å². The quantitative estimate of drug-likeness (QED) is 0.835. The highest BCUT2D eigenvalue weighted by molar-refractivity contribution is 5.98. The lowest BCUT2D eigenvalue weighted by Crippen LogP contribution is -2.45. The molecule has 152 valence electrons. The molecule has 29 heavy (non-hydrogen) atoms. The number of nitrogens with zero attached hydrogens (tertiary/aromatic N) is 2. The Morgan fingerprint density at radius 1 is 0.966 bits per heavy atom. The van der Waals surface area contributed by atoms with Crippen LogP contribution in [0.15, 0.2) is 54.6 Å². The van der Waals surface area contributed by atoms with Gasteiger partial charge in [-0.15, -0.1) is 0 Å². The Balaban J connectivity index is 1.60. The first-order chi connectivity index (χ1) is 13.9. The highest BCUT2D eigenvalue weighted by Gasteiger charge is 2.28. The molecular formula is C22H26N4O3. The maximum Gasteiger partial charge on any atom is 0.321 e. The third kappa shape index (κ3) is 5.34. The van der Waals surface area contributed by atoms with E-state index in [2.05, 4.69) is 10.6 Å². The molecule has 0 radical (unpaired) electrons. The second kappa shape index (κ2) is 9.23. The van der Waals surface area contributed by atoms with E-state index in [9.17, 15) is 14.4 Å². The molecule has 1 unspecified atom stereocenters. The normalized spacial score (nSPS) is 16.1. The lowest BCUT2D eigenvalue weighted by atomic mass is 9.97. The number of hydrogen-bond acceptors (Lipinski definition) is 3. The number of benzene rings is 2. The summed E-state index contributed by atoms with van der Waals surface area (Å²) in [5.74, 6) is -0.558. The number of urea groups is 1. The Hall–Kier alpha value is -3.35. The molecule has 0 aliphatic carbocycles. The summed E-state index contributed by atoms with van der Waals surface area (Å²) in [6.45, 7) is 0.982. The summed E-state index contributed by atoms with van der Waals surface area (Å²) in [7, 11) is 3.37. The van der Waals surface area contributed by atoms with Crippen LogP contribution in [0.2, 0.25) is 0 Å². The Morgan fingerprint density at radius 3 is 2.41 bits per heavy atom. The van der Waals surface area contributed by atoms with Crippen LogP contribution in [-0.2, 0) is 4.79 Å². The van der Waals surface area contributed by atoms with Crippen LogP contribution >= 0.6 is 0 Å². The molecule has 4 amide bonds. The molecule has 0 aromatic heterocycles. The van der Waals surface area contributed by atoms with Crippen molar-refractivity contribution in [1.29, 1.82) is 0 Å². The van der Waals surface area contributed by atoms with Crippen molar-refractivity contribution < 1.29 is 14.4 Å². The lowest BCUT2D eigenvalue weighted by Gasteiger charge is -2.32. The number of rotatable bonds is 4. The molecule has 7 nitrogen and oxygen atoms in total. The average molecular weight is 394 g/mol. The minimum Gasteiger partial charge on any atom is -0.345 e. The van der Waals surface area contributed by atoms with Gasteiger partial charge in [0.05, 0.1) is 5.92 Å². The van der Waals surface area contributed by atoms with E-state index in [0.29, 0.717) is 24.3 Å². The van der Waals surface area contributed by atoms with Crippen LogP contribution in [0, 0.1) is 5.92 Å². The van der Waals surface area contributed by atoms with Crippen LogP contribution in [0.3, 0.4) is 0 Å². The van der Waals surface area contributed by atoms with Gasteiger partial charge in [0.2, 0.25) is 5.91 Å². The molecule has 2 N–H and O–H groups in total. The first kappa shape index (κ1) is 20.4. The third-order valence-electron chi connectivity index (χ3n) is 4.89. The molecule has 1 aliphatic rings. The van der Waals surface area contributed by atoms with E-state index in [-0.39, 0.29) is 23.8 Å². The molecule has 1 aliphatic heterocycles. The van der Waals surface area contributed by atoms with E-state index in [1.165, 1.54) is 4.90 Å². The highest BCUT2D eigenvalue weighted by atomic mass is 16.2. The van der Waals surface area contributed by atoms with Crippen molar-refractivity contribution >= 4 is 29.2 Å². The van der Waals surface area contributed by atoms with Gasteiger partial charge in [0.15, 0.2) is 0 Å². The molecule has 0 spiro atoms. The molecule has 0 saturated carbocycles. The van der Waals surface area contributed by atoms with Crippen LogP contribution in [-0.4, -0.2) is 54.8 Å². The molecule has 0 bridgehead atoms. The Labute approximate surface area is 170 Å². The summed E-state index contributed by atoms with van der Waals surface area (Å²) < 4.78 is 0. The maximum absolute atomic E-state index is 12.7. The summed E-state index contributed by atoms with van der Waals surface area (Å²) >= 11 is 0. The number of anilines is 2. The van der Waals surface area contributed by atoms with Crippen LogP contribution in [0.1, 0.15) is 23.2 Å². The minimum atomic E-state index is -0.293. The van der Waals surface area contributed by atoms with Gasteiger partial charge in [0.25, 0.3) is 5.91 Å². The number of piperidine rings is 1. The standard InChI is InChI=1S/C22H26N4O3/c1-25(2)21(28)16-8-6-12-19(14-16)23-20(27)17-9-7-13-26(15-17)22(29)24-18-10-4-3-5-11-18/h3-6,8,10-12,14,17H,7,9,13,15H2,1-2H3,(H,23,27)(H,24,29). The number of nitrogens with one attached hydrogen (secondary N) is 2. The zero-order valence-corrected chi connectivity index (χ0v) is 16.7. The Kier molecular flexibility index (Phi) is 6.49. The molecule has 2 aromatic rings. The fourth-order valence-electron chi connectivity index (χ4n) is 3.33. The van der Waals surface area contributed by atoms with Crippen LogP contribution < -0.4 is 10.6 Å². The van der Waals surface area contributed by atoms with Crippen LogP contribution in [0.4, 0.5) is 16.2 Å². The topological polar surface area (TPSA) is 81.8 Å². The Bertz CT molecular complexity index is 883. The van der Waals surface area contributed by atoms with Crippen molar-refractivity contribution in [2.24, 2.45) is 5.92 Å². The van der Waals surface area contributed by atoms with E-state index in [4.69, 9.17) is 0 Å². The number of carbonyl (C=O) groups excluding carboxylic acids is 3. The summed E-state index contributed by atoms with van der Waals surface area (Å²) in [4.78, 5) is 40.5. The average Bonchev–Trinajstić information content (AvgIpc) is 2.74. The van der Waals surface area contributed by atoms with Gasteiger partial charge >= 0.3 is 6.03 Å². The second-order valence-electron chi connectivity index (χ2n) is 7.35. The van der Waals surface area contributed by atoms with E-state index >= 15 is 0 Å². The second-order valence-corrected chi connectivity index (χ2v) is 7.35. The third-order valence-corrected chi connectivity index (χ3v) is 4.89. The fourth-order valence-corrected chi connectivity index (χ4v) is 3.33. The van der Waals surface area contributed by atoms with Crippen molar-refractivity contribution in [3.8, 4) is 0 Å². The highest BCUT2D eigenvalue weighted by Crippen LogP contribution is 2.20. The number of para-hydroxylation sites is 1. The summed E-state index contributed by atoms with van der Waals surface area (Å²) in [6.07, 6.45) is 1.48. The van der Waals surface area contributed by atoms with Crippen LogP contribution in [0.25, 0.3) is 0 Å². The van der Waals surface area contributed by atoms with Gasteiger partial charge in [0.1, 0.15) is 0 Å². The SMILES string of the molecule is CN(C)C(=O)c1cccc(NC(=O)C2CCCN(C(=O)Nc3ccccc3)C2)c1. The predicted octanol–water partition coefficient (Wildman–Crippen LogP) is 3.27. The molecule has 2 aromatic carbocycles. The van der Waals surface area contributed by atoms with E-state index < -0.39 is 0 Å². The molecule has 3 rings (SSSR count). The van der Waals surface area contributed by atoms with E-state index in [1.54, 1.807) is 43.3 Å². The van der Waals surface area contributed by atoms with Gasteiger partial charge in [-0.2, -0.15) is 0 Å². The maximum atomic E-state index is 12.7. The zero-order chi connectivity index (χ0) is 20.8. The molecule has 1 heterocycles. The lowest BCUT2D eigenvalue weighted by molar-refractivity contribution is -0.121. The number of likely N-dealkylation sites (tertiary alicyclic amines) is 1. The smallest absolute Gasteiger partial charge is 0.321 e. The first-order valence-corrected chi connectivity index (χ1v) is 9.67. The summed E-state index contributed by atoms with van der Waals surface area (Å²) in [6, 6.07) is 15.9. The van der Waals surface area contributed by atoms with Crippen molar-refractivity contribution in [3.63, 3.8) is 0 Å². The largest absolute Gasteiger partial charge is 0.345 e. The first-order valence-electron chi connectivity index (χ1n) is 9.67. The van der Waals surface area contributed by atoms with Gasteiger partial charge in [-0.05, 0) is 43.2 Å². The van der Waals surface area contributed by atoms with Crippen LogP contribution in [0.5, 0.6) is 0 Å². The van der Waals surface area contributed by atoms with Crippen molar-refractivity contribution in [3.05, 3.63) is 60.2 Å².